The minimum atomic E-state index is -1.21. The van der Waals surface area contributed by atoms with E-state index in [1.165, 1.54) is 0 Å². The van der Waals surface area contributed by atoms with Gasteiger partial charge in [0, 0.05) is 86.5 Å². The van der Waals surface area contributed by atoms with Gasteiger partial charge < -0.3 is 44.5 Å². The number of aliphatic hydroxyl groups is 4. The summed E-state index contributed by atoms with van der Waals surface area (Å²) in [6.07, 6.45) is 5.43. The van der Waals surface area contributed by atoms with Crippen molar-refractivity contribution in [3.8, 4) is 0 Å². The Morgan fingerprint density at radius 1 is 0.643 bits per heavy atom. The maximum Gasteiger partial charge on any atom is 0.410 e. The van der Waals surface area contributed by atoms with Crippen LogP contribution < -0.4 is 5.14 Å². The molecule has 15 nitrogen and oxygen atoms in total. The molecule has 0 aromatic heterocycles. The summed E-state index contributed by atoms with van der Waals surface area (Å²) in [5, 5.41) is 35.3. The Balaban J connectivity index is -0.000000155. The number of hydrogen-bond acceptors (Lipinski definition) is 11. The zero-order chi connectivity index (χ0) is 44.6. The predicted octanol–water partition coefficient (Wildman–Crippen LogP) is 5.40. The van der Waals surface area contributed by atoms with Crippen molar-refractivity contribution in [3.05, 3.63) is 0 Å². The van der Waals surface area contributed by atoms with Gasteiger partial charge in [0.25, 0.3) is 0 Å². The average molecular weight is 883 g/mol. The number of amides is 2. The molecular formula is C38H82N4O11S2Ti. The molecule has 2 heterocycles. The fourth-order valence-corrected chi connectivity index (χ4v) is 4.00. The van der Waals surface area contributed by atoms with E-state index in [-0.39, 0.29) is 81.7 Å². The SMILES string of the molecule is CC(C)(C)OC(=O)N1CCC(C=N[S@](=O)C(C)(C)C)CC1.CC(C)(C)OC(=O)N1CCC(C=O)CC1.CC(C)(C)[S@](N)=O.CCO.CCO.CCO.CCO.[Ti]. The molecule has 0 bridgehead atoms. The van der Waals surface area contributed by atoms with Crippen LogP contribution in [0.4, 0.5) is 9.59 Å². The fourth-order valence-electron chi connectivity index (χ4n) is 3.40. The van der Waals surface area contributed by atoms with Gasteiger partial charge in [-0.1, -0.05) is 0 Å². The van der Waals surface area contributed by atoms with Gasteiger partial charge in [-0.2, -0.15) is 4.40 Å². The van der Waals surface area contributed by atoms with Crippen molar-refractivity contribution in [1.82, 2.24) is 9.80 Å². The molecule has 0 aromatic carbocycles. The Morgan fingerprint density at radius 2 is 0.893 bits per heavy atom. The molecule has 2 aliphatic heterocycles. The molecule has 2 saturated heterocycles. The number of aliphatic hydroxyl groups excluding tert-OH is 4. The van der Waals surface area contributed by atoms with Crippen LogP contribution in [0.1, 0.15) is 136 Å². The van der Waals surface area contributed by atoms with Crippen LogP contribution in [0.3, 0.4) is 0 Å². The minimum absolute atomic E-state index is 0. The van der Waals surface area contributed by atoms with Gasteiger partial charge >= 0.3 is 12.2 Å². The zero-order valence-corrected chi connectivity index (χ0v) is 40.9. The molecule has 2 atom stereocenters. The van der Waals surface area contributed by atoms with Gasteiger partial charge in [0.05, 0.1) is 20.5 Å². The van der Waals surface area contributed by atoms with Crippen LogP contribution in [0.15, 0.2) is 4.40 Å². The summed E-state index contributed by atoms with van der Waals surface area (Å²) in [6, 6.07) is 0. The third-order valence-corrected chi connectivity index (χ3v) is 8.64. The van der Waals surface area contributed by atoms with Gasteiger partial charge in [-0.25, -0.2) is 18.0 Å². The number of ether oxygens (including phenoxy) is 2. The van der Waals surface area contributed by atoms with Crippen LogP contribution in [0.2, 0.25) is 0 Å². The summed E-state index contributed by atoms with van der Waals surface area (Å²) in [5.41, 5.74) is -0.905. The smallest absolute Gasteiger partial charge is 0.410 e. The molecule has 56 heavy (non-hydrogen) atoms. The summed E-state index contributed by atoms with van der Waals surface area (Å²) in [5.74, 6) is 0.402. The van der Waals surface area contributed by atoms with Gasteiger partial charge in [-0.3, -0.25) is 5.14 Å². The van der Waals surface area contributed by atoms with Gasteiger partial charge in [-0.05, 0) is 142 Å². The third-order valence-electron chi connectivity index (χ3n) is 6.07. The quantitative estimate of drug-likeness (QED) is 0.137. The number of carbonyl (C=O) groups excluding carboxylic acids is 3. The van der Waals surface area contributed by atoms with Gasteiger partial charge in [0.2, 0.25) is 0 Å². The molecule has 0 spiro atoms. The first kappa shape index (κ1) is 66.5. The average Bonchev–Trinajstić information content (AvgIpc) is 3.03. The van der Waals surface area contributed by atoms with Gasteiger partial charge in [0.1, 0.15) is 28.5 Å². The van der Waals surface area contributed by atoms with E-state index in [4.69, 9.17) is 35.0 Å². The van der Waals surface area contributed by atoms with E-state index in [9.17, 15) is 22.8 Å². The minimum Gasteiger partial charge on any atom is -0.444 e. The maximum atomic E-state index is 11.9. The molecule has 0 saturated carbocycles. The Kier molecular flexibility index (Phi) is 43.6. The van der Waals surface area contributed by atoms with E-state index in [0.29, 0.717) is 26.2 Å². The molecule has 0 aliphatic carbocycles. The van der Waals surface area contributed by atoms with E-state index >= 15 is 0 Å². The van der Waals surface area contributed by atoms with E-state index < -0.39 is 33.2 Å². The maximum absolute atomic E-state index is 11.9. The summed E-state index contributed by atoms with van der Waals surface area (Å²) in [6.45, 7) is 32.7. The molecule has 0 aromatic rings. The number of rotatable bonds is 3. The molecule has 18 heteroatoms. The van der Waals surface area contributed by atoms with Crippen LogP contribution >= 0.6 is 0 Å². The van der Waals surface area contributed by atoms with Crippen molar-refractivity contribution in [1.29, 1.82) is 0 Å². The predicted molar refractivity (Wildman–Crippen MR) is 227 cm³/mol. The summed E-state index contributed by atoms with van der Waals surface area (Å²) < 4.78 is 36.4. The van der Waals surface area contributed by atoms with Crippen LogP contribution in [0, 0.1) is 11.8 Å². The summed E-state index contributed by atoms with van der Waals surface area (Å²) >= 11 is 0. The standard InChI is InChI=1S/C15H28N2O3S.C11H19NO3.C4H11NOS.4C2H6O.Ti/c1-14(2,3)20-13(18)17-9-7-12(8-10-17)11-16-21(19)15(4,5)6;1-11(2,3)15-10(14)12-6-4-9(8-13)5-7-12;1-4(2,3)7(5)6;4*1-2-3;/h11-12H,7-10H2,1-6H3;8-9H,4-7H2,1-3H3;5H2,1-3H3;4*3H,2H2,1H3;/t21-;;7-;;;;;/m1.1...../s1. The molecule has 2 fully saturated rings. The van der Waals surface area contributed by atoms with Crippen LogP contribution in [0.5, 0.6) is 0 Å². The van der Waals surface area contributed by atoms with Gasteiger partial charge in [0.15, 0.2) is 0 Å². The molecule has 6 N–H and O–H groups in total. The molecule has 2 amide bonds. The van der Waals surface area contributed by atoms with Crippen molar-refractivity contribution < 1.29 is 74.4 Å². The molecule has 2 aliphatic rings. The van der Waals surface area contributed by atoms with E-state index in [1.54, 1.807) is 43.7 Å². The third kappa shape index (κ3) is 45.4. The van der Waals surface area contributed by atoms with Crippen molar-refractivity contribution in [3.63, 3.8) is 0 Å². The number of nitrogens with zero attached hydrogens (tertiary/aromatic N) is 3. The second-order valence-corrected chi connectivity index (χ2v) is 19.8. The molecule has 0 radical (unpaired) electrons. The first-order valence-electron chi connectivity index (χ1n) is 19.0. The topological polar surface area (TPSA) is 230 Å². The first-order chi connectivity index (χ1) is 25.0. The number of nitrogens with two attached hydrogens (primary N) is 1. The molecule has 336 valence electrons. The van der Waals surface area contributed by atoms with Crippen molar-refractivity contribution >= 4 is 46.7 Å². The first-order valence-corrected chi connectivity index (χ1v) is 21.3. The van der Waals surface area contributed by atoms with Gasteiger partial charge in [-0.15, -0.1) is 0 Å². The normalized spacial score (nSPS) is 15.8. The Hall–Kier alpha value is -1.31. The molecule has 2 rings (SSSR count). The zero-order valence-electron chi connectivity index (χ0n) is 37.7. The Labute approximate surface area is 360 Å². The van der Waals surface area contributed by atoms with Crippen molar-refractivity contribution in [2.24, 2.45) is 21.4 Å². The number of piperidine rings is 2. The van der Waals surface area contributed by atoms with Crippen LogP contribution in [-0.4, -0.2) is 137 Å². The molecular weight excluding hydrogens is 800 g/mol. The Morgan fingerprint density at radius 3 is 1.09 bits per heavy atom. The van der Waals surface area contributed by atoms with E-state index in [1.807, 2.05) is 83.1 Å². The molecule has 0 unspecified atom stereocenters. The number of likely N-dealkylation sites (tertiary alicyclic amines) is 2. The van der Waals surface area contributed by atoms with Crippen LogP contribution in [0.25, 0.3) is 0 Å². The number of carbonyl (C=O) groups is 3. The second-order valence-electron chi connectivity index (χ2n) is 16.0. The second kappa shape index (κ2) is 36.7. The van der Waals surface area contributed by atoms with E-state index in [0.717, 1.165) is 32.0 Å². The largest absolute Gasteiger partial charge is 0.444 e. The van der Waals surface area contributed by atoms with Crippen molar-refractivity contribution in [2.75, 3.05) is 52.6 Å². The fraction of sp³-hybridized carbons (Fsp3) is 0.895. The Bertz CT molecular complexity index is 1040. The summed E-state index contributed by atoms with van der Waals surface area (Å²) in [7, 11) is -2.39. The monoisotopic (exact) mass is 882 g/mol. The van der Waals surface area contributed by atoms with Crippen molar-refractivity contribution in [2.45, 2.75) is 157 Å². The summed E-state index contributed by atoms with van der Waals surface area (Å²) in [4.78, 5) is 37.5. The van der Waals surface area contributed by atoms with Crippen LogP contribution in [-0.2, 0) is 58.0 Å². The van der Waals surface area contributed by atoms with E-state index in [2.05, 4.69) is 4.40 Å². The number of aldehydes is 1. The number of hydrogen-bond donors (Lipinski definition) is 5.